The van der Waals surface area contributed by atoms with Gasteiger partial charge in [-0.2, -0.15) is 5.10 Å². The van der Waals surface area contributed by atoms with E-state index in [1.807, 2.05) is 46.9 Å². The molecule has 4 aromatic heterocycles. The van der Waals surface area contributed by atoms with Gasteiger partial charge < -0.3 is 0 Å². The number of hydrogen-bond donors (Lipinski definition) is 0. The van der Waals surface area contributed by atoms with Crippen LogP contribution in [0.15, 0.2) is 66.9 Å². The predicted octanol–water partition coefficient (Wildman–Crippen LogP) is 4.54. The smallest absolute Gasteiger partial charge is 0.179 e. The van der Waals surface area contributed by atoms with Crippen LogP contribution in [0.5, 0.6) is 0 Å². The van der Waals surface area contributed by atoms with E-state index in [2.05, 4.69) is 63.7 Å². The fourth-order valence-corrected chi connectivity index (χ4v) is 4.27. The van der Waals surface area contributed by atoms with E-state index in [1.165, 1.54) is 5.39 Å². The van der Waals surface area contributed by atoms with Gasteiger partial charge >= 0.3 is 0 Å². The Morgan fingerprint density at radius 3 is 2.75 bits per heavy atom. The van der Waals surface area contributed by atoms with Crippen LogP contribution >= 0.6 is 0 Å². The lowest BCUT2D eigenvalue weighted by Gasteiger charge is -2.06. The van der Waals surface area contributed by atoms with Crippen LogP contribution in [0.3, 0.4) is 0 Å². The van der Waals surface area contributed by atoms with E-state index in [0.29, 0.717) is 6.54 Å². The fourth-order valence-electron chi connectivity index (χ4n) is 4.27. The molecule has 4 heterocycles. The van der Waals surface area contributed by atoms with Crippen LogP contribution in [0.2, 0.25) is 0 Å². The maximum atomic E-state index is 4.92. The summed E-state index contributed by atoms with van der Waals surface area (Å²) in [4.78, 5) is 9.32. The van der Waals surface area contributed by atoms with Crippen molar-refractivity contribution in [2.75, 3.05) is 0 Å². The first-order valence-electron chi connectivity index (χ1n) is 10.7. The number of aromatic nitrogens is 7. The van der Waals surface area contributed by atoms with Gasteiger partial charge in [0.05, 0.1) is 29.0 Å². The maximum Gasteiger partial charge on any atom is 0.179 e. The lowest BCUT2D eigenvalue weighted by Crippen LogP contribution is -2.03. The van der Waals surface area contributed by atoms with E-state index >= 15 is 0 Å². The number of aryl methyl sites for hydroxylation is 2. The third-order valence-electron chi connectivity index (χ3n) is 5.92. The number of pyridine rings is 2. The average molecular weight is 419 g/mol. The van der Waals surface area contributed by atoms with Gasteiger partial charge in [0.15, 0.2) is 5.65 Å². The SMILES string of the molecule is CCc1nn(C)c2cc(-c3ccc4nnn(Cc5ccc6ncccc6c5)c4n3)ccc12. The molecule has 0 N–H and O–H groups in total. The van der Waals surface area contributed by atoms with Crippen molar-refractivity contribution in [1.82, 2.24) is 34.7 Å². The molecule has 0 fully saturated rings. The molecule has 0 amide bonds. The Kier molecular flexibility index (Phi) is 4.21. The molecule has 32 heavy (non-hydrogen) atoms. The highest BCUT2D eigenvalue weighted by molar-refractivity contribution is 5.87. The van der Waals surface area contributed by atoms with E-state index in [0.717, 1.165) is 56.5 Å². The first kappa shape index (κ1) is 18.6. The molecule has 0 unspecified atom stereocenters. The first-order chi connectivity index (χ1) is 15.7. The Balaban J connectivity index is 1.40. The fraction of sp³-hybridized carbons (Fsp3) is 0.160. The molecule has 0 aliphatic heterocycles. The Bertz CT molecular complexity index is 1610. The number of hydrogen-bond acceptors (Lipinski definition) is 5. The second kappa shape index (κ2) is 7.23. The first-order valence-corrected chi connectivity index (χ1v) is 10.7. The van der Waals surface area contributed by atoms with Gasteiger partial charge in [0.25, 0.3) is 0 Å². The number of fused-ring (bicyclic) bond motifs is 3. The van der Waals surface area contributed by atoms with E-state index in [1.54, 1.807) is 0 Å². The molecule has 0 atom stereocenters. The molecule has 156 valence electrons. The lowest BCUT2D eigenvalue weighted by molar-refractivity contribution is 0.665. The zero-order valence-electron chi connectivity index (χ0n) is 17.9. The Labute approximate surface area is 184 Å². The third-order valence-corrected chi connectivity index (χ3v) is 5.92. The summed E-state index contributed by atoms with van der Waals surface area (Å²) >= 11 is 0. The molecule has 7 heteroatoms. The highest BCUT2D eigenvalue weighted by Gasteiger charge is 2.12. The number of rotatable bonds is 4. The standard InChI is InChI=1S/C25H21N7/c1-3-20-19-8-7-18(14-24(19)31(2)29-20)22-10-11-23-25(27-22)32(30-28-23)15-16-6-9-21-17(13-16)5-4-12-26-21/h4-14H,3,15H2,1-2H3. The summed E-state index contributed by atoms with van der Waals surface area (Å²) in [6.45, 7) is 2.73. The van der Waals surface area contributed by atoms with Crippen molar-refractivity contribution < 1.29 is 0 Å². The van der Waals surface area contributed by atoms with Crippen molar-refractivity contribution in [3.8, 4) is 11.3 Å². The van der Waals surface area contributed by atoms with E-state index in [9.17, 15) is 0 Å². The largest absolute Gasteiger partial charge is 0.268 e. The molecule has 0 radical (unpaired) electrons. The summed E-state index contributed by atoms with van der Waals surface area (Å²) in [5, 5.41) is 15.6. The second-order valence-corrected chi connectivity index (χ2v) is 7.97. The summed E-state index contributed by atoms with van der Waals surface area (Å²) in [7, 11) is 1.99. The molecular weight excluding hydrogens is 398 g/mol. The van der Waals surface area contributed by atoms with E-state index in [4.69, 9.17) is 4.98 Å². The minimum Gasteiger partial charge on any atom is -0.268 e. The topological polar surface area (TPSA) is 74.3 Å². The number of benzene rings is 2. The van der Waals surface area contributed by atoms with Crippen LogP contribution in [0.4, 0.5) is 0 Å². The Morgan fingerprint density at radius 1 is 0.938 bits per heavy atom. The van der Waals surface area contributed by atoms with Crippen molar-refractivity contribution in [1.29, 1.82) is 0 Å². The molecule has 0 aliphatic carbocycles. The van der Waals surface area contributed by atoms with E-state index in [-0.39, 0.29) is 0 Å². The summed E-state index contributed by atoms with van der Waals surface area (Å²) < 4.78 is 3.80. The molecule has 0 bridgehead atoms. The van der Waals surface area contributed by atoms with Crippen molar-refractivity contribution in [2.24, 2.45) is 7.05 Å². The highest BCUT2D eigenvalue weighted by atomic mass is 15.4. The summed E-state index contributed by atoms with van der Waals surface area (Å²) in [5.74, 6) is 0. The Hall–Kier alpha value is -4.13. The highest BCUT2D eigenvalue weighted by Crippen LogP contribution is 2.26. The molecule has 0 aliphatic rings. The predicted molar refractivity (Wildman–Crippen MR) is 125 cm³/mol. The minimum atomic E-state index is 0.596. The van der Waals surface area contributed by atoms with Crippen LogP contribution < -0.4 is 0 Å². The summed E-state index contributed by atoms with van der Waals surface area (Å²) in [6, 6.07) is 20.7. The molecule has 0 saturated heterocycles. The van der Waals surface area contributed by atoms with E-state index < -0.39 is 0 Å². The number of nitrogens with zero attached hydrogens (tertiary/aromatic N) is 7. The third kappa shape index (κ3) is 3.01. The Morgan fingerprint density at radius 2 is 1.84 bits per heavy atom. The van der Waals surface area contributed by atoms with Crippen molar-refractivity contribution in [3.63, 3.8) is 0 Å². The molecule has 7 nitrogen and oxygen atoms in total. The maximum absolute atomic E-state index is 4.92. The van der Waals surface area contributed by atoms with Crippen LogP contribution in [-0.2, 0) is 20.0 Å². The monoisotopic (exact) mass is 419 g/mol. The normalized spacial score (nSPS) is 11.7. The molecule has 6 aromatic rings. The quantitative estimate of drug-likeness (QED) is 0.419. The van der Waals surface area contributed by atoms with Crippen molar-refractivity contribution >= 4 is 33.0 Å². The van der Waals surface area contributed by atoms with Crippen molar-refractivity contribution in [3.05, 3.63) is 78.1 Å². The van der Waals surface area contributed by atoms with Gasteiger partial charge in [0, 0.05) is 29.6 Å². The zero-order chi connectivity index (χ0) is 21.7. The average Bonchev–Trinajstić information content (AvgIpc) is 3.38. The molecule has 6 rings (SSSR count). The van der Waals surface area contributed by atoms with Gasteiger partial charge in [-0.1, -0.05) is 36.4 Å². The molecule has 0 spiro atoms. The van der Waals surface area contributed by atoms with Gasteiger partial charge in [0.2, 0.25) is 0 Å². The van der Waals surface area contributed by atoms with Crippen LogP contribution in [-0.4, -0.2) is 34.7 Å². The van der Waals surface area contributed by atoms with Gasteiger partial charge in [-0.15, -0.1) is 5.10 Å². The molecule has 2 aromatic carbocycles. The second-order valence-electron chi connectivity index (χ2n) is 7.97. The van der Waals surface area contributed by atoms with Crippen molar-refractivity contribution in [2.45, 2.75) is 19.9 Å². The summed E-state index contributed by atoms with van der Waals surface area (Å²) in [5.41, 5.74) is 7.84. The van der Waals surface area contributed by atoms with Crippen LogP contribution in [0, 0.1) is 0 Å². The van der Waals surface area contributed by atoms with Gasteiger partial charge in [-0.3, -0.25) is 9.67 Å². The van der Waals surface area contributed by atoms with Crippen LogP contribution in [0.1, 0.15) is 18.2 Å². The lowest BCUT2D eigenvalue weighted by atomic mass is 10.1. The minimum absolute atomic E-state index is 0.596. The summed E-state index contributed by atoms with van der Waals surface area (Å²) in [6.07, 6.45) is 2.72. The van der Waals surface area contributed by atoms with Gasteiger partial charge in [0.1, 0.15) is 5.52 Å². The molecule has 0 saturated carbocycles. The molecular formula is C25H21N7. The van der Waals surface area contributed by atoms with Gasteiger partial charge in [-0.05, 0) is 48.4 Å². The van der Waals surface area contributed by atoms with Gasteiger partial charge in [-0.25, -0.2) is 9.67 Å². The van der Waals surface area contributed by atoms with Crippen LogP contribution in [0.25, 0.3) is 44.2 Å². The zero-order valence-corrected chi connectivity index (χ0v) is 17.9.